The second-order valence-electron chi connectivity index (χ2n) is 26.6. The summed E-state index contributed by atoms with van der Waals surface area (Å²) in [6.07, 6.45) is 99.7. The van der Waals surface area contributed by atoms with Gasteiger partial charge in [-0.15, -0.1) is 0 Å². The lowest BCUT2D eigenvalue weighted by molar-refractivity contribution is -0.870. The van der Waals surface area contributed by atoms with E-state index in [9.17, 15) is 19.4 Å². The highest BCUT2D eigenvalue weighted by Crippen LogP contribution is 2.38. The molecule has 0 spiro atoms. The highest BCUT2D eigenvalue weighted by Gasteiger charge is 2.23. The average Bonchev–Trinajstić information content (AvgIpc) is 3.64. The minimum atomic E-state index is -4.61. The number of aliphatic hydroxyl groups is 1. The number of aliphatic hydroxyl groups excluding tert-OH is 1. The van der Waals surface area contributed by atoms with Crippen molar-refractivity contribution >= 4 is 13.7 Å². The lowest BCUT2D eigenvalue weighted by atomic mass is 10.0. The van der Waals surface area contributed by atoms with Gasteiger partial charge in [-0.1, -0.05) is 361 Å². The Morgan fingerprint density at radius 1 is 0.409 bits per heavy atom. The van der Waals surface area contributed by atoms with Crippen LogP contribution < -0.4 is 10.2 Å². The molecule has 0 heterocycles. The second kappa shape index (κ2) is 68.8. The van der Waals surface area contributed by atoms with Crippen molar-refractivity contribution in [3.8, 4) is 0 Å². The fourth-order valence-electron chi connectivity index (χ4n) is 11.0. The van der Waals surface area contributed by atoms with E-state index >= 15 is 0 Å². The van der Waals surface area contributed by atoms with Crippen LogP contribution >= 0.6 is 7.82 Å². The first kappa shape index (κ1) is 85.4. The molecule has 0 aliphatic heterocycles. The molecule has 0 rings (SSSR count). The van der Waals surface area contributed by atoms with Gasteiger partial charge in [0.1, 0.15) is 13.2 Å². The number of likely N-dealkylation sites (N-methyl/N-ethyl adjacent to an activating group) is 1. The lowest BCUT2D eigenvalue weighted by Gasteiger charge is -2.29. The van der Waals surface area contributed by atoms with E-state index in [4.69, 9.17) is 9.05 Å². The Kier molecular flexibility index (Phi) is 66.8. The summed E-state index contributed by atoms with van der Waals surface area (Å²) in [5.74, 6) is -0.197. The number of phosphoric acid groups is 1. The Labute approximate surface area is 547 Å². The van der Waals surface area contributed by atoms with Crippen LogP contribution in [0.1, 0.15) is 348 Å². The van der Waals surface area contributed by atoms with Gasteiger partial charge < -0.3 is 28.8 Å². The van der Waals surface area contributed by atoms with Gasteiger partial charge in [-0.2, -0.15) is 0 Å². The first-order valence-corrected chi connectivity index (χ1v) is 39.1. The summed E-state index contributed by atoms with van der Waals surface area (Å²) in [5.41, 5.74) is 0. The number of phosphoric ester groups is 1. The molecule has 0 aromatic rings. The SMILES string of the molecule is CC/C=C\C/C=C\C/C=C\C/C=C\C/C=C\C/C=C\C/C=C\CCCCCCCCCCCCCCCC(=O)NC(COP(=O)([O-])OCC[N+](C)(C)C)C(O)/C=C/CCCCCCCCCCCCCCCCCCCCCCCCCCCCCCC. The van der Waals surface area contributed by atoms with Gasteiger partial charge in [0.05, 0.1) is 39.9 Å². The zero-order chi connectivity index (χ0) is 64.1. The van der Waals surface area contributed by atoms with Crippen molar-refractivity contribution in [3.05, 3.63) is 97.2 Å². The number of quaternary nitrogens is 1. The zero-order valence-corrected chi connectivity index (χ0v) is 59.6. The molecule has 0 bridgehead atoms. The number of nitrogens with one attached hydrogen (secondary N) is 1. The van der Waals surface area contributed by atoms with Crippen molar-refractivity contribution in [1.29, 1.82) is 0 Å². The molecule has 0 aromatic heterocycles. The van der Waals surface area contributed by atoms with Crippen molar-refractivity contribution in [2.45, 2.75) is 360 Å². The Bertz CT molecular complexity index is 1760. The standard InChI is InChI=1S/C79H145N2O6P/c1-6-8-10-12-14-16-18-20-22-24-26-28-30-32-34-36-38-39-40-41-43-45-47-49-51-53-55-57-59-61-63-65-67-69-71-73-79(83)80-77(76-87-88(84,85)86-75-74-81(3,4)5)78(82)72-70-68-66-64-62-60-58-56-54-52-50-48-46-44-42-37-35-33-31-29-27-25-23-21-19-17-15-13-11-9-7-2/h8,10,14,16,20,22,26,28,32,34,38-39,41,43,70,72,77-78,82H,6-7,9,11-13,15,17-19,21,23-25,27,29-31,33,35-37,40,42,44-69,71,73-76H2,1-5H3,(H-,80,83,84,85)/b10-8-,16-14-,22-20-,28-26-,34-32-,39-38-,43-41-,72-70+. The number of unbranched alkanes of at least 4 members (excludes halogenated alkanes) is 42. The number of nitrogens with zero attached hydrogens (tertiary/aromatic N) is 1. The molecule has 0 saturated carbocycles. The van der Waals surface area contributed by atoms with Crippen LogP contribution in [0, 0.1) is 0 Å². The number of rotatable bonds is 69. The molecule has 3 atom stereocenters. The predicted octanol–water partition coefficient (Wildman–Crippen LogP) is 23.8. The van der Waals surface area contributed by atoms with E-state index < -0.39 is 20.0 Å². The van der Waals surface area contributed by atoms with E-state index in [1.807, 2.05) is 27.2 Å². The predicted molar refractivity (Wildman–Crippen MR) is 385 cm³/mol. The molecule has 0 radical (unpaired) electrons. The Hall–Kier alpha value is -2.58. The third kappa shape index (κ3) is 70.9. The number of allylic oxidation sites excluding steroid dienone is 15. The summed E-state index contributed by atoms with van der Waals surface area (Å²) in [6, 6.07) is -0.895. The first-order chi connectivity index (χ1) is 43.0. The molecule has 3 unspecified atom stereocenters. The summed E-state index contributed by atoms with van der Waals surface area (Å²) >= 11 is 0. The second-order valence-corrected chi connectivity index (χ2v) is 28.0. The van der Waals surface area contributed by atoms with E-state index in [1.54, 1.807) is 6.08 Å². The molecular formula is C79H145N2O6P. The normalized spacial score (nSPS) is 14.1. The van der Waals surface area contributed by atoms with Gasteiger partial charge in [-0.25, -0.2) is 0 Å². The Morgan fingerprint density at radius 2 is 0.693 bits per heavy atom. The van der Waals surface area contributed by atoms with E-state index in [0.29, 0.717) is 17.4 Å². The minimum absolute atomic E-state index is 0.00373. The van der Waals surface area contributed by atoms with Crippen molar-refractivity contribution in [2.24, 2.45) is 0 Å². The number of hydrogen-bond donors (Lipinski definition) is 2. The highest BCUT2D eigenvalue weighted by molar-refractivity contribution is 7.45. The fraction of sp³-hybridized carbons (Fsp3) is 0.785. The third-order valence-corrected chi connectivity index (χ3v) is 17.8. The number of carbonyl (C=O) groups excluding carboxylic acids is 1. The van der Waals surface area contributed by atoms with Crippen LogP contribution in [0.25, 0.3) is 0 Å². The average molecular weight is 1250 g/mol. The monoisotopic (exact) mass is 1250 g/mol. The van der Waals surface area contributed by atoms with E-state index in [2.05, 4.69) is 104 Å². The van der Waals surface area contributed by atoms with Crippen LogP contribution in [0.5, 0.6) is 0 Å². The molecule has 2 N–H and O–H groups in total. The van der Waals surface area contributed by atoms with Gasteiger partial charge in [0.2, 0.25) is 5.91 Å². The smallest absolute Gasteiger partial charge is 0.268 e. The zero-order valence-electron chi connectivity index (χ0n) is 58.7. The summed E-state index contributed by atoms with van der Waals surface area (Å²) in [7, 11) is 1.26. The largest absolute Gasteiger partial charge is 0.756 e. The minimum Gasteiger partial charge on any atom is -0.756 e. The first-order valence-electron chi connectivity index (χ1n) is 37.6. The van der Waals surface area contributed by atoms with Crippen LogP contribution in [-0.4, -0.2) is 68.5 Å². The van der Waals surface area contributed by atoms with Crippen LogP contribution in [0.3, 0.4) is 0 Å². The summed E-state index contributed by atoms with van der Waals surface area (Å²) in [4.78, 5) is 25.7. The topological polar surface area (TPSA) is 108 Å². The Balaban J connectivity index is 4.05. The van der Waals surface area contributed by atoms with Crippen molar-refractivity contribution < 1.29 is 32.9 Å². The van der Waals surface area contributed by atoms with Crippen LogP contribution in [-0.2, 0) is 18.4 Å². The molecule has 0 saturated heterocycles. The molecular weight excluding hydrogens is 1100 g/mol. The quantitative estimate of drug-likeness (QED) is 0.0272. The van der Waals surface area contributed by atoms with Gasteiger partial charge in [0.15, 0.2) is 0 Å². The molecule has 88 heavy (non-hydrogen) atoms. The van der Waals surface area contributed by atoms with Crippen molar-refractivity contribution in [2.75, 3.05) is 40.9 Å². The van der Waals surface area contributed by atoms with Crippen molar-refractivity contribution in [1.82, 2.24) is 5.32 Å². The molecule has 1 amide bonds. The maximum Gasteiger partial charge on any atom is 0.268 e. The number of amides is 1. The number of carbonyl (C=O) groups is 1. The molecule has 0 aliphatic carbocycles. The van der Waals surface area contributed by atoms with Gasteiger partial charge in [0.25, 0.3) is 7.82 Å². The lowest BCUT2D eigenvalue weighted by Crippen LogP contribution is -2.45. The summed E-state index contributed by atoms with van der Waals surface area (Å²) in [6.45, 7) is 4.57. The molecule has 0 aromatic carbocycles. The van der Waals surface area contributed by atoms with Gasteiger partial charge >= 0.3 is 0 Å². The van der Waals surface area contributed by atoms with Crippen LogP contribution in [0.4, 0.5) is 0 Å². The maximum atomic E-state index is 13.1. The molecule has 512 valence electrons. The summed E-state index contributed by atoms with van der Waals surface area (Å²) in [5, 5.41) is 14.0. The number of hydrogen-bond acceptors (Lipinski definition) is 6. The highest BCUT2D eigenvalue weighted by atomic mass is 31.2. The van der Waals surface area contributed by atoms with Crippen LogP contribution in [0.15, 0.2) is 97.2 Å². The van der Waals surface area contributed by atoms with Gasteiger partial charge in [-0.3, -0.25) is 9.36 Å². The van der Waals surface area contributed by atoms with Crippen molar-refractivity contribution in [3.63, 3.8) is 0 Å². The maximum absolute atomic E-state index is 13.1. The van der Waals surface area contributed by atoms with Gasteiger partial charge in [-0.05, 0) is 77.0 Å². The molecule has 0 aliphatic rings. The van der Waals surface area contributed by atoms with E-state index in [-0.39, 0.29) is 19.1 Å². The van der Waals surface area contributed by atoms with E-state index in [1.165, 1.54) is 244 Å². The third-order valence-electron chi connectivity index (χ3n) is 16.8. The molecule has 9 heteroatoms. The van der Waals surface area contributed by atoms with Crippen LogP contribution in [0.2, 0.25) is 0 Å². The molecule has 8 nitrogen and oxygen atoms in total. The Morgan fingerprint density at radius 3 is 1.01 bits per heavy atom. The molecule has 0 fully saturated rings. The fourth-order valence-corrected chi connectivity index (χ4v) is 11.7. The summed E-state index contributed by atoms with van der Waals surface area (Å²) < 4.78 is 23.5. The van der Waals surface area contributed by atoms with Gasteiger partial charge in [0, 0.05) is 6.42 Å². The van der Waals surface area contributed by atoms with E-state index in [0.717, 1.165) is 83.5 Å².